The summed E-state index contributed by atoms with van der Waals surface area (Å²) in [4.78, 5) is 25.0. The summed E-state index contributed by atoms with van der Waals surface area (Å²) in [5.41, 5.74) is 0.879. The van der Waals surface area contributed by atoms with Crippen LogP contribution >= 0.6 is 0 Å². The largest absolute Gasteiger partial charge is 0.481 e. The number of aryl methyl sites for hydroxylation is 2. The summed E-state index contributed by atoms with van der Waals surface area (Å²) in [6, 6.07) is 1.92. The first kappa shape index (κ1) is 15.6. The highest BCUT2D eigenvalue weighted by molar-refractivity contribution is 5.93. The van der Waals surface area contributed by atoms with Crippen molar-refractivity contribution in [3.63, 3.8) is 0 Å². The number of carbonyl (C=O) groups excluding carboxylic acids is 1. The van der Waals surface area contributed by atoms with Crippen molar-refractivity contribution < 1.29 is 19.1 Å². The fourth-order valence-corrected chi connectivity index (χ4v) is 2.89. The number of carboxylic acid groups (broad SMARTS) is 1. The lowest BCUT2D eigenvalue weighted by molar-refractivity contribution is -0.137. The van der Waals surface area contributed by atoms with Gasteiger partial charge >= 0.3 is 5.97 Å². The number of likely N-dealkylation sites (tertiary alicyclic amines) is 1. The molecule has 21 heavy (non-hydrogen) atoms. The molecule has 1 fully saturated rings. The number of nitrogens with zero attached hydrogens (tertiary/aromatic N) is 1. The second-order valence-electron chi connectivity index (χ2n) is 5.77. The molecule has 1 N–H and O–H groups in total. The second-order valence-corrected chi connectivity index (χ2v) is 5.77. The Morgan fingerprint density at radius 2 is 2.24 bits per heavy atom. The quantitative estimate of drug-likeness (QED) is 0.906. The first-order valence-electron chi connectivity index (χ1n) is 7.61. The van der Waals surface area contributed by atoms with E-state index in [9.17, 15) is 9.59 Å². The number of furan rings is 1. The monoisotopic (exact) mass is 293 g/mol. The lowest BCUT2D eigenvalue weighted by atomic mass is 9.93. The molecule has 0 radical (unpaired) electrons. The molecule has 2 rings (SSSR count). The van der Waals surface area contributed by atoms with Crippen molar-refractivity contribution in [1.82, 2.24) is 4.90 Å². The van der Waals surface area contributed by atoms with E-state index in [4.69, 9.17) is 9.52 Å². The molecule has 1 aromatic heterocycles. The van der Waals surface area contributed by atoms with E-state index in [-0.39, 0.29) is 18.2 Å². The number of carboxylic acids is 1. The fraction of sp³-hybridized carbons (Fsp3) is 0.625. The SMILES string of the molecule is CCc1cc(C)c(C(=O)N2CCC[C@H](CCC(=O)O)C2)o1. The van der Waals surface area contributed by atoms with Crippen LogP contribution in [0.3, 0.4) is 0 Å². The van der Waals surface area contributed by atoms with Crippen molar-refractivity contribution in [2.45, 2.75) is 46.0 Å². The van der Waals surface area contributed by atoms with E-state index in [1.807, 2.05) is 19.9 Å². The number of piperidine rings is 1. The van der Waals surface area contributed by atoms with Gasteiger partial charge in [-0.05, 0) is 38.2 Å². The van der Waals surface area contributed by atoms with Crippen molar-refractivity contribution in [1.29, 1.82) is 0 Å². The first-order chi connectivity index (χ1) is 10.0. The van der Waals surface area contributed by atoms with Gasteiger partial charge in [0.2, 0.25) is 0 Å². The van der Waals surface area contributed by atoms with Crippen LogP contribution in [0.4, 0.5) is 0 Å². The molecule has 0 aliphatic carbocycles. The van der Waals surface area contributed by atoms with Crippen molar-refractivity contribution >= 4 is 11.9 Å². The zero-order valence-corrected chi connectivity index (χ0v) is 12.7. The average Bonchev–Trinajstić information content (AvgIpc) is 2.86. The van der Waals surface area contributed by atoms with Gasteiger partial charge in [0.1, 0.15) is 5.76 Å². The van der Waals surface area contributed by atoms with E-state index in [0.717, 1.165) is 37.1 Å². The predicted molar refractivity (Wildman–Crippen MR) is 78.3 cm³/mol. The summed E-state index contributed by atoms with van der Waals surface area (Å²) < 4.78 is 5.63. The Kier molecular flexibility index (Phi) is 5.04. The van der Waals surface area contributed by atoms with Gasteiger partial charge in [0.15, 0.2) is 5.76 Å². The molecular formula is C16H23NO4. The highest BCUT2D eigenvalue weighted by Gasteiger charge is 2.27. The van der Waals surface area contributed by atoms with Crippen molar-refractivity contribution in [3.8, 4) is 0 Å². The Bertz CT molecular complexity index is 520. The summed E-state index contributed by atoms with van der Waals surface area (Å²) >= 11 is 0. The van der Waals surface area contributed by atoms with Gasteiger partial charge in [-0.15, -0.1) is 0 Å². The fourth-order valence-electron chi connectivity index (χ4n) is 2.89. The lowest BCUT2D eigenvalue weighted by Crippen LogP contribution is -2.40. The van der Waals surface area contributed by atoms with Crippen LogP contribution in [0.1, 0.15) is 54.5 Å². The van der Waals surface area contributed by atoms with Crippen molar-refractivity contribution in [2.75, 3.05) is 13.1 Å². The third kappa shape index (κ3) is 3.86. The maximum absolute atomic E-state index is 12.5. The van der Waals surface area contributed by atoms with Crippen molar-refractivity contribution in [3.05, 3.63) is 23.2 Å². The van der Waals surface area contributed by atoms with E-state index in [1.54, 1.807) is 4.90 Å². The van der Waals surface area contributed by atoms with Crippen LogP contribution in [-0.2, 0) is 11.2 Å². The van der Waals surface area contributed by atoms with Crippen LogP contribution in [0.5, 0.6) is 0 Å². The van der Waals surface area contributed by atoms with Gasteiger partial charge in [0.25, 0.3) is 5.91 Å². The number of rotatable bonds is 5. The van der Waals surface area contributed by atoms with Gasteiger partial charge in [0, 0.05) is 31.5 Å². The maximum atomic E-state index is 12.5. The molecule has 0 spiro atoms. The minimum Gasteiger partial charge on any atom is -0.481 e. The highest BCUT2D eigenvalue weighted by atomic mass is 16.4. The zero-order chi connectivity index (χ0) is 15.4. The Morgan fingerprint density at radius 1 is 1.48 bits per heavy atom. The van der Waals surface area contributed by atoms with Crippen LogP contribution in [0, 0.1) is 12.8 Å². The summed E-state index contributed by atoms with van der Waals surface area (Å²) in [6.45, 7) is 5.24. The zero-order valence-electron chi connectivity index (χ0n) is 12.7. The van der Waals surface area contributed by atoms with Crippen LogP contribution in [-0.4, -0.2) is 35.0 Å². The number of aliphatic carboxylic acids is 1. The highest BCUT2D eigenvalue weighted by Crippen LogP contribution is 2.24. The third-order valence-electron chi connectivity index (χ3n) is 4.08. The minimum atomic E-state index is -0.770. The van der Waals surface area contributed by atoms with Gasteiger partial charge in [-0.25, -0.2) is 0 Å². The van der Waals surface area contributed by atoms with E-state index in [1.165, 1.54) is 0 Å². The van der Waals surface area contributed by atoms with Gasteiger partial charge in [-0.2, -0.15) is 0 Å². The van der Waals surface area contributed by atoms with E-state index in [0.29, 0.717) is 18.7 Å². The van der Waals surface area contributed by atoms with Gasteiger partial charge in [-0.3, -0.25) is 9.59 Å². The third-order valence-corrected chi connectivity index (χ3v) is 4.08. The van der Waals surface area contributed by atoms with E-state index >= 15 is 0 Å². The van der Waals surface area contributed by atoms with E-state index in [2.05, 4.69) is 0 Å². The molecule has 1 saturated heterocycles. The summed E-state index contributed by atoms with van der Waals surface area (Å²) in [5.74, 6) is 0.709. The van der Waals surface area contributed by atoms with Gasteiger partial charge < -0.3 is 14.4 Å². The van der Waals surface area contributed by atoms with Crippen molar-refractivity contribution in [2.24, 2.45) is 5.92 Å². The number of hydrogen-bond donors (Lipinski definition) is 1. The van der Waals surface area contributed by atoms with Crippen LogP contribution in [0.15, 0.2) is 10.5 Å². The van der Waals surface area contributed by atoms with Gasteiger partial charge in [-0.1, -0.05) is 6.92 Å². The number of amides is 1. The van der Waals surface area contributed by atoms with Crippen LogP contribution < -0.4 is 0 Å². The molecule has 116 valence electrons. The Morgan fingerprint density at radius 3 is 2.86 bits per heavy atom. The molecule has 1 aliphatic heterocycles. The van der Waals surface area contributed by atoms with Gasteiger partial charge in [0.05, 0.1) is 0 Å². The molecule has 1 amide bonds. The molecule has 0 unspecified atom stereocenters. The number of hydrogen-bond acceptors (Lipinski definition) is 3. The van der Waals surface area contributed by atoms with Crippen LogP contribution in [0.25, 0.3) is 0 Å². The minimum absolute atomic E-state index is 0.0628. The molecule has 5 nitrogen and oxygen atoms in total. The Hall–Kier alpha value is -1.78. The molecule has 1 aromatic rings. The molecule has 5 heteroatoms. The van der Waals surface area contributed by atoms with E-state index < -0.39 is 5.97 Å². The lowest BCUT2D eigenvalue weighted by Gasteiger charge is -2.32. The normalized spacial score (nSPS) is 18.8. The van der Waals surface area contributed by atoms with Crippen LogP contribution in [0.2, 0.25) is 0 Å². The summed E-state index contributed by atoms with van der Waals surface area (Å²) in [6.07, 6.45) is 3.50. The average molecular weight is 293 g/mol. The Balaban J connectivity index is 2.01. The maximum Gasteiger partial charge on any atom is 0.303 e. The topological polar surface area (TPSA) is 70.8 Å². The molecule has 1 atom stereocenters. The molecule has 0 aromatic carbocycles. The Labute approximate surface area is 124 Å². The number of carbonyl (C=O) groups is 2. The summed E-state index contributed by atoms with van der Waals surface area (Å²) in [5, 5.41) is 8.77. The molecule has 0 bridgehead atoms. The summed E-state index contributed by atoms with van der Waals surface area (Å²) in [7, 11) is 0. The first-order valence-corrected chi connectivity index (χ1v) is 7.61. The molecule has 0 saturated carbocycles. The molecule has 1 aliphatic rings. The smallest absolute Gasteiger partial charge is 0.303 e. The molecular weight excluding hydrogens is 270 g/mol. The second kappa shape index (κ2) is 6.78. The molecule has 2 heterocycles. The predicted octanol–water partition coefficient (Wildman–Crippen LogP) is 2.87. The standard InChI is InChI=1S/C16H23NO4/c1-3-13-9-11(2)15(21-13)16(20)17-8-4-5-12(10-17)6-7-14(18)19/h9,12H,3-8,10H2,1-2H3,(H,18,19)/t12-/m1/s1.